The molecule has 2 rings (SSSR count). The van der Waals surface area contributed by atoms with E-state index in [0.29, 0.717) is 6.54 Å². The summed E-state index contributed by atoms with van der Waals surface area (Å²) in [6.07, 6.45) is 0.207. The molecule has 4 heteroatoms. The average Bonchev–Trinajstić information content (AvgIpc) is 2.74. The van der Waals surface area contributed by atoms with Crippen molar-refractivity contribution in [3.63, 3.8) is 0 Å². The molecule has 0 aromatic heterocycles. The Morgan fingerprint density at radius 2 is 1.86 bits per heavy atom. The van der Waals surface area contributed by atoms with E-state index in [1.165, 1.54) is 0 Å². The summed E-state index contributed by atoms with van der Waals surface area (Å²) in [7, 11) is 0. The Balaban J connectivity index is 2.15. The highest BCUT2D eigenvalue weighted by molar-refractivity contribution is 5.90. The molecule has 4 nitrogen and oxygen atoms in total. The minimum absolute atomic E-state index is 0.00436. The van der Waals surface area contributed by atoms with Gasteiger partial charge in [-0.05, 0) is 40.2 Å². The van der Waals surface area contributed by atoms with E-state index >= 15 is 0 Å². The smallest absolute Gasteiger partial charge is 0.314 e. The molecule has 22 heavy (non-hydrogen) atoms. The minimum Gasteiger partial charge on any atom is -0.459 e. The van der Waals surface area contributed by atoms with Crippen LogP contribution in [0.1, 0.15) is 52.6 Å². The van der Waals surface area contributed by atoms with Crippen LogP contribution in [0.25, 0.3) is 0 Å². The Morgan fingerprint density at radius 3 is 2.41 bits per heavy atom. The first-order valence-electron chi connectivity index (χ1n) is 7.70. The van der Waals surface area contributed by atoms with Crippen LogP contribution in [-0.2, 0) is 14.3 Å². The molecule has 0 spiro atoms. The molecule has 0 radical (unpaired) electrons. The predicted octanol–water partition coefficient (Wildman–Crippen LogP) is 3.33. The molecule has 1 heterocycles. The van der Waals surface area contributed by atoms with Crippen LogP contribution in [0, 0.1) is 5.41 Å². The number of nitrogens with zero attached hydrogens (tertiary/aromatic N) is 1. The lowest BCUT2D eigenvalue weighted by atomic mass is 9.89. The van der Waals surface area contributed by atoms with Gasteiger partial charge in [-0.15, -0.1) is 0 Å². The van der Waals surface area contributed by atoms with Crippen molar-refractivity contribution in [2.24, 2.45) is 5.41 Å². The first kappa shape index (κ1) is 16.5. The summed E-state index contributed by atoms with van der Waals surface area (Å²) in [5, 5.41) is 0. The highest BCUT2D eigenvalue weighted by atomic mass is 16.6. The fourth-order valence-corrected chi connectivity index (χ4v) is 2.76. The van der Waals surface area contributed by atoms with Crippen LogP contribution in [0.3, 0.4) is 0 Å². The van der Waals surface area contributed by atoms with Gasteiger partial charge in [0.25, 0.3) is 0 Å². The van der Waals surface area contributed by atoms with Crippen molar-refractivity contribution in [1.29, 1.82) is 0 Å². The second-order valence-corrected chi connectivity index (χ2v) is 7.35. The van der Waals surface area contributed by atoms with Crippen LogP contribution in [-0.4, -0.2) is 28.9 Å². The van der Waals surface area contributed by atoms with Crippen molar-refractivity contribution < 1.29 is 14.3 Å². The number of amides is 1. The van der Waals surface area contributed by atoms with E-state index in [9.17, 15) is 9.59 Å². The zero-order chi connectivity index (χ0) is 16.5. The second kappa shape index (κ2) is 5.75. The number of esters is 1. The lowest BCUT2D eigenvalue weighted by Crippen LogP contribution is -2.38. The van der Waals surface area contributed by atoms with Gasteiger partial charge in [-0.1, -0.05) is 30.3 Å². The molecule has 0 saturated carbocycles. The Kier molecular flexibility index (Phi) is 4.32. The number of rotatable bonds is 3. The normalized spacial score (nSPS) is 23.5. The molecule has 0 aliphatic carbocycles. The monoisotopic (exact) mass is 303 g/mol. The Bertz CT molecular complexity index is 561. The predicted molar refractivity (Wildman–Crippen MR) is 85.1 cm³/mol. The van der Waals surface area contributed by atoms with Gasteiger partial charge in [0.05, 0.1) is 11.5 Å². The SMILES string of the molecule is C[C@H](c1ccccc1)N1C[C@](C)(C(=O)OC(C)(C)C)CC1=O. The molecule has 1 aromatic carbocycles. The lowest BCUT2D eigenvalue weighted by Gasteiger charge is -2.29. The largest absolute Gasteiger partial charge is 0.459 e. The second-order valence-electron chi connectivity index (χ2n) is 7.35. The van der Waals surface area contributed by atoms with Crippen molar-refractivity contribution in [1.82, 2.24) is 4.90 Å². The zero-order valence-corrected chi connectivity index (χ0v) is 14.1. The van der Waals surface area contributed by atoms with Gasteiger partial charge < -0.3 is 9.64 Å². The molecule has 1 amide bonds. The van der Waals surface area contributed by atoms with E-state index in [-0.39, 0.29) is 24.3 Å². The summed E-state index contributed by atoms with van der Waals surface area (Å²) in [6.45, 7) is 9.74. The van der Waals surface area contributed by atoms with Crippen molar-refractivity contribution >= 4 is 11.9 Å². The third kappa shape index (κ3) is 3.49. The maximum Gasteiger partial charge on any atom is 0.314 e. The van der Waals surface area contributed by atoms with E-state index in [2.05, 4.69) is 0 Å². The number of benzene rings is 1. The molecule has 1 aromatic rings. The number of ether oxygens (including phenoxy) is 1. The molecular formula is C18H25NO3. The summed E-state index contributed by atoms with van der Waals surface area (Å²) >= 11 is 0. The van der Waals surface area contributed by atoms with Crippen molar-refractivity contribution in [2.45, 2.75) is 52.7 Å². The van der Waals surface area contributed by atoms with Gasteiger partial charge in [-0.25, -0.2) is 0 Å². The van der Waals surface area contributed by atoms with Crippen LogP contribution in [0.4, 0.5) is 0 Å². The summed E-state index contributed by atoms with van der Waals surface area (Å²) in [5.74, 6) is -0.291. The zero-order valence-electron chi connectivity index (χ0n) is 14.1. The third-order valence-electron chi connectivity index (χ3n) is 4.02. The molecule has 0 unspecified atom stereocenters. The van der Waals surface area contributed by atoms with Crippen molar-refractivity contribution in [2.75, 3.05) is 6.54 Å². The van der Waals surface area contributed by atoms with Gasteiger partial charge in [0.1, 0.15) is 5.60 Å². The molecule has 2 atom stereocenters. The standard InChI is InChI=1S/C18H25NO3/c1-13(14-9-7-6-8-10-14)19-12-18(5,11-15(19)20)16(21)22-17(2,3)4/h6-10,13H,11-12H2,1-5H3/t13-,18-/m1/s1. The summed E-state index contributed by atoms with van der Waals surface area (Å²) in [6, 6.07) is 9.83. The van der Waals surface area contributed by atoms with E-state index in [1.54, 1.807) is 4.90 Å². The highest BCUT2D eigenvalue weighted by Crippen LogP contribution is 2.37. The van der Waals surface area contributed by atoms with Gasteiger partial charge in [0.15, 0.2) is 0 Å². The Labute approximate surface area is 132 Å². The van der Waals surface area contributed by atoms with Crippen LogP contribution >= 0.6 is 0 Å². The van der Waals surface area contributed by atoms with Gasteiger partial charge in [-0.3, -0.25) is 9.59 Å². The van der Waals surface area contributed by atoms with Crippen LogP contribution in [0.5, 0.6) is 0 Å². The van der Waals surface area contributed by atoms with Gasteiger partial charge >= 0.3 is 5.97 Å². The van der Waals surface area contributed by atoms with Crippen LogP contribution < -0.4 is 0 Å². The lowest BCUT2D eigenvalue weighted by molar-refractivity contribution is -0.166. The van der Waals surface area contributed by atoms with Gasteiger partial charge in [0.2, 0.25) is 5.91 Å². The van der Waals surface area contributed by atoms with E-state index in [1.807, 2.05) is 65.0 Å². The molecule has 1 aliphatic heterocycles. The maximum absolute atomic E-state index is 12.4. The van der Waals surface area contributed by atoms with Crippen molar-refractivity contribution in [3.05, 3.63) is 35.9 Å². The van der Waals surface area contributed by atoms with Crippen LogP contribution in [0.15, 0.2) is 30.3 Å². The Hall–Kier alpha value is -1.84. The number of hydrogen-bond donors (Lipinski definition) is 0. The third-order valence-corrected chi connectivity index (χ3v) is 4.02. The molecule has 120 valence electrons. The fourth-order valence-electron chi connectivity index (χ4n) is 2.76. The molecule has 0 bridgehead atoms. The summed E-state index contributed by atoms with van der Waals surface area (Å²) < 4.78 is 5.49. The van der Waals surface area contributed by atoms with E-state index in [0.717, 1.165) is 5.56 Å². The first-order valence-corrected chi connectivity index (χ1v) is 7.70. The van der Waals surface area contributed by atoms with E-state index < -0.39 is 11.0 Å². The number of likely N-dealkylation sites (tertiary alicyclic amines) is 1. The maximum atomic E-state index is 12.4. The quantitative estimate of drug-likeness (QED) is 0.805. The van der Waals surface area contributed by atoms with E-state index in [4.69, 9.17) is 4.74 Å². The first-order chi connectivity index (χ1) is 10.1. The molecule has 0 N–H and O–H groups in total. The Morgan fingerprint density at radius 1 is 1.27 bits per heavy atom. The molecule has 1 aliphatic rings. The van der Waals surface area contributed by atoms with Crippen LogP contribution in [0.2, 0.25) is 0 Å². The molecule has 1 saturated heterocycles. The highest BCUT2D eigenvalue weighted by Gasteiger charge is 2.48. The average molecular weight is 303 g/mol. The van der Waals surface area contributed by atoms with Gasteiger partial charge in [0, 0.05) is 13.0 Å². The minimum atomic E-state index is -0.770. The number of carbonyl (C=O) groups excluding carboxylic acids is 2. The van der Waals surface area contributed by atoms with Crippen molar-refractivity contribution in [3.8, 4) is 0 Å². The molecular weight excluding hydrogens is 278 g/mol. The summed E-state index contributed by atoms with van der Waals surface area (Å²) in [5.41, 5.74) is -0.237. The number of hydrogen-bond acceptors (Lipinski definition) is 3. The molecule has 1 fully saturated rings. The van der Waals surface area contributed by atoms with Gasteiger partial charge in [-0.2, -0.15) is 0 Å². The number of carbonyl (C=O) groups is 2. The topological polar surface area (TPSA) is 46.6 Å². The fraction of sp³-hybridized carbons (Fsp3) is 0.556. The summed E-state index contributed by atoms with van der Waals surface area (Å²) in [4.78, 5) is 26.6.